The quantitative estimate of drug-likeness (QED) is 0.182. The lowest BCUT2D eigenvalue weighted by Crippen LogP contribution is -2.08. The first-order valence-electron chi connectivity index (χ1n) is 18.0. The van der Waals surface area contributed by atoms with Crippen LogP contribution < -0.4 is 0 Å². The molecule has 0 aliphatic heterocycles. The molecule has 8 aromatic rings. The van der Waals surface area contributed by atoms with E-state index in [1.165, 1.54) is 119 Å². The van der Waals surface area contributed by atoms with Crippen LogP contribution >= 0.6 is 0 Å². The maximum Gasteiger partial charge on any atom is -0.000741 e. The number of rotatable bonds is 4. The van der Waals surface area contributed by atoms with Crippen molar-refractivity contribution in [2.45, 2.75) is 39.5 Å². The molecule has 8 aromatic carbocycles. The monoisotopic (exact) mass is 628 g/mol. The highest BCUT2D eigenvalue weighted by molar-refractivity contribution is 6.29. The Morgan fingerprint density at radius 2 is 0.878 bits per heavy atom. The SMILES string of the molecule is CCC1CCC1.Cc1cccc2c(-c3ccc4c5c(cccc35)-c3c-4c(-c4ccccc4)c4ccccc4c3-c3ccccc3)cccc12. The topological polar surface area (TPSA) is 0 Å². The van der Waals surface area contributed by atoms with Crippen molar-refractivity contribution >= 4 is 32.3 Å². The average molecular weight is 629 g/mol. The van der Waals surface area contributed by atoms with Crippen molar-refractivity contribution in [1.82, 2.24) is 0 Å². The second-order valence-corrected chi connectivity index (χ2v) is 13.8. The molecule has 2 aliphatic carbocycles. The minimum Gasteiger partial charge on any atom is -0.0651 e. The maximum atomic E-state index is 2.39. The van der Waals surface area contributed by atoms with Crippen molar-refractivity contribution in [2.24, 2.45) is 5.92 Å². The Morgan fingerprint density at radius 1 is 0.408 bits per heavy atom. The highest BCUT2D eigenvalue weighted by Crippen LogP contribution is 2.58. The summed E-state index contributed by atoms with van der Waals surface area (Å²) in [6.45, 7) is 4.49. The molecule has 0 radical (unpaired) electrons. The molecule has 0 aromatic heterocycles. The van der Waals surface area contributed by atoms with E-state index < -0.39 is 0 Å². The van der Waals surface area contributed by atoms with Gasteiger partial charge in [0.05, 0.1) is 0 Å². The van der Waals surface area contributed by atoms with Crippen molar-refractivity contribution in [3.05, 3.63) is 157 Å². The Morgan fingerprint density at radius 3 is 1.45 bits per heavy atom. The Labute approximate surface area is 289 Å². The minimum atomic E-state index is 1.12. The fraction of sp³-hybridized carbons (Fsp3) is 0.143. The first kappa shape index (κ1) is 29.7. The Kier molecular flexibility index (Phi) is 7.39. The van der Waals surface area contributed by atoms with E-state index in [9.17, 15) is 0 Å². The van der Waals surface area contributed by atoms with Gasteiger partial charge in [0.2, 0.25) is 0 Å². The molecule has 0 amide bonds. The summed E-state index contributed by atoms with van der Waals surface area (Å²) in [4.78, 5) is 0. The van der Waals surface area contributed by atoms with Crippen molar-refractivity contribution in [3.8, 4) is 55.6 Å². The molecule has 1 fully saturated rings. The summed E-state index contributed by atoms with van der Waals surface area (Å²) in [5.41, 5.74) is 14.4. The summed E-state index contributed by atoms with van der Waals surface area (Å²) in [5, 5.41) is 7.86. The van der Waals surface area contributed by atoms with Crippen LogP contribution in [0.3, 0.4) is 0 Å². The van der Waals surface area contributed by atoms with E-state index in [1.807, 2.05) is 0 Å². The van der Waals surface area contributed by atoms with Crippen LogP contribution in [0.2, 0.25) is 0 Å². The largest absolute Gasteiger partial charge is 0.0651 e. The molecule has 1 saturated carbocycles. The molecule has 0 bridgehead atoms. The second-order valence-electron chi connectivity index (χ2n) is 13.8. The maximum absolute atomic E-state index is 2.39. The highest BCUT2D eigenvalue weighted by atomic mass is 14.3. The fourth-order valence-corrected chi connectivity index (χ4v) is 8.45. The zero-order valence-corrected chi connectivity index (χ0v) is 28.3. The molecule has 0 unspecified atom stereocenters. The van der Waals surface area contributed by atoms with E-state index in [0.717, 1.165) is 5.92 Å². The molecular weight excluding hydrogens is 589 g/mol. The van der Waals surface area contributed by atoms with Gasteiger partial charge in [0.15, 0.2) is 0 Å². The average Bonchev–Trinajstić information content (AvgIpc) is 3.46. The third kappa shape index (κ3) is 4.81. The predicted molar refractivity (Wildman–Crippen MR) is 212 cm³/mol. The molecule has 0 nitrogen and oxygen atoms in total. The van der Waals surface area contributed by atoms with Crippen LogP contribution in [-0.2, 0) is 0 Å². The molecule has 0 N–H and O–H groups in total. The van der Waals surface area contributed by atoms with E-state index in [-0.39, 0.29) is 0 Å². The van der Waals surface area contributed by atoms with Gasteiger partial charge in [-0.05, 0) is 106 Å². The number of hydrogen-bond acceptors (Lipinski definition) is 0. The standard InChI is InChI=1S/C43H28.C6H12/c1-27-13-10-21-31-30(27)20-11-22-32(31)33-25-26-38-41-34(33)23-12-24-37(41)42-39(28-14-4-2-5-15-28)35-18-8-9-19-36(35)40(43(38)42)29-16-6-3-7-17-29;1-2-6-4-3-5-6/h2-26H,1H3;6H,2-5H2,1H3. The lowest BCUT2D eigenvalue weighted by Gasteiger charge is -2.22. The van der Waals surface area contributed by atoms with Crippen LogP contribution in [0.4, 0.5) is 0 Å². The molecule has 2 aliphatic rings. The first-order valence-corrected chi connectivity index (χ1v) is 18.0. The molecule has 0 heterocycles. The highest BCUT2D eigenvalue weighted by Gasteiger charge is 2.31. The molecule has 0 spiro atoms. The third-order valence-corrected chi connectivity index (χ3v) is 11.2. The van der Waals surface area contributed by atoms with E-state index in [0.29, 0.717) is 0 Å². The third-order valence-electron chi connectivity index (χ3n) is 11.2. The zero-order valence-electron chi connectivity index (χ0n) is 28.3. The number of aryl methyl sites for hydroxylation is 1. The van der Waals surface area contributed by atoms with Crippen molar-refractivity contribution in [1.29, 1.82) is 0 Å². The molecule has 10 rings (SSSR count). The number of benzene rings is 8. The molecular formula is C49H40. The van der Waals surface area contributed by atoms with Crippen LogP contribution in [-0.4, -0.2) is 0 Å². The van der Waals surface area contributed by atoms with Gasteiger partial charge in [-0.3, -0.25) is 0 Å². The minimum absolute atomic E-state index is 1.12. The van der Waals surface area contributed by atoms with E-state index in [1.54, 1.807) is 0 Å². The van der Waals surface area contributed by atoms with Gasteiger partial charge in [0.1, 0.15) is 0 Å². The zero-order chi connectivity index (χ0) is 32.9. The van der Waals surface area contributed by atoms with Crippen LogP contribution in [0.5, 0.6) is 0 Å². The Hall–Kier alpha value is -5.46. The number of hydrogen-bond donors (Lipinski definition) is 0. The van der Waals surface area contributed by atoms with Gasteiger partial charge >= 0.3 is 0 Å². The second kappa shape index (κ2) is 12.2. The van der Waals surface area contributed by atoms with Gasteiger partial charge in [-0.1, -0.05) is 184 Å². The molecule has 49 heavy (non-hydrogen) atoms. The van der Waals surface area contributed by atoms with E-state index in [2.05, 4.69) is 166 Å². The van der Waals surface area contributed by atoms with Gasteiger partial charge < -0.3 is 0 Å². The van der Waals surface area contributed by atoms with Gasteiger partial charge in [-0.15, -0.1) is 0 Å². The number of fused-ring (bicyclic) bond motifs is 5. The lowest BCUT2D eigenvalue weighted by atomic mass is 9.82. The van der Waals surface area contributed by atoms with Crippen LogP contribution in [0.15, 0.2) is 152 Å². The van der Waals surface area contributed by atoms with Gasteiger partial charge in [0.25, 0.3) is 0 Å². The van der Waals surface area contributed by atoms with E-state index >= 15 is 0 Å². The fourth-order valence-electron chi connectivity index (χ4n) is 8.45. The summed E-state index contributed by atoms with van der Waals surface area (Å²) in [7, 11) is 0. The molecule has 236 valence electrons. The summed E-state index contributed by atoms with van der Waals surface area (Å²) in [6, 6.07) is 55.9. The summed E-state index contributed by atoms with van der Waals surface area (Å²) in [5.74, 6) is 1.12. The molecule has 0 saturated heterocycles. The van der Waals surface area contributed by atoms with Crippen molar-refractivity contribution in [2.75, 3.05) is 0 Å². The smallest absolute Gasteiger partial charge is 0.000741 e. The lowest BCUT2D eigenvalue weighted by molar-refractivity contribution is 0.307. The normalized spacial score (nSPS) is 13.3. The van der Waals surface area contributed by atoms with E-state index in [4.69, 9.17) is 0 Å². The van der Waals surface area contributed by atoms with Crippen molar-refractivity contribution < 1.29 is 0 Å². The Balaban J connectivity index is 0.000000492. The van der Waals surface area contributed by atoms with Crippen molar-refractivity contribution in [3.63, 3.8) is 0 Å². The summed E-state index contributed by atoms with van der Waals surface area (Å²) < 4.78 is 0. The molecule has 0 atom stereocenters. The van der Waals surface area contributed by atoms with Crippen LogP contribution in [0.25, 0.3) is 88.0 Å². The summed E-state index contributed by atoms with van der Waals surface area (Å²) in [6.07, 6.45) is 5.94. The van der Waals surface area contributed by atoms with Gasteiger partial charge in [0, 0.05) is 0 Å². The Bertz CT molecular complexity index is 2400. The van der Waals surface area contributed by atoms with Gasteiger partial charge in [-0.25, -0.2) is 0 Å². The molecule has 0 heteroatoms. The van der Waals surface area contributed by atoms with Gasteiger partial charge in [-0.2, -0.15) is 0 Å². The van der Waals surface area contributed by atoms with Crippen LogP contribution in [0, 0.1) is 12.8 Å². The van der Waals surface area contributed by atoms with Crippen LogP contribution in [0.1, 0.15) is 38.2 Å². The predicted octanol–water partition coefficient (Wildman–Crippen LogP) is 14.3. The summed E-state index contributed by atoms with van der Waals surface area (Å²) >= 11 is 0. The first-order chi connectivity index (χ1) is 24.2.